The van der Waals surface area contributed by atoms with Crippen molar-refractivity contribution in [3.8, 4) is 11.5 Å². The number of morpholine rings is 1. The summed E-state index contributed by atoms with van der Waals surface area (Å²) in [4.78, 5) is 8.78. The number of nitrogens with one attached hydrogen (secondary N) is 1. The zero-order chi connectivity index (χ0) is 20.5. The second-order valence-electron chi connectivity index (χ2n) is 6.73. The Labute approximate surface area is 177 Å². The molecule has 0 atom stereocenters. The maximum absolute atomic E-state index is 5.76. The van der Waals surface area contributed by atoms with Crippen LogP contribution in [0, 0.1) is 0 Å². The van der Waals surface area contributed by atoms with Gasteiger partial charge in [0.1, 0.15) is 11.5 Å². The monoisotopic (exact) mass is 416 g/mol. The lowest BCUT2D eigenvalue weighted by Gasteiger charge is -2.31. The highest BCUT2D eigenvalue weighted by molar-refractivity contribution is 7.80. The number of ether oxygens (including phenoxy) is 3. The van der Waals surface area contributed by atoms with E-state index in [2.05, 4.69) is 26.2 Å². The lowest BCUT2D eigenvalue weighted by atomic mass is 10.2. The molecule has 8 heteroatoms. The number of hydrogen-bond donors (Lipinski definition) is 1. The fraction of sp³-hybridized carbons (Fsp3) is 0.429. The van der Waals surface area contributed by atoms with Crippen LogP contribution in [0.2, 0.25) is 0 Å². The van der Waals surface area contributed by atoms with E-state index >= 15 is 0 Å². The summed E-state index contributed by atoms with van der Waals surface area (Å²) in [5.74, 6) is 1.42. The molecule has 1 N–H and O–H groups in total. The van der Waals surface area contributed by atoms with Crippen molar-refractivity contribution in [2.75, 3.05) is 58.9 Å². The number of hydrogen-bond acceptors (Lipinski definition) is 6. The highest BCUT2D eigenvalue weighted by Crippen LogP contribution is 2.29. The predicted octanol–water partition coefficient (Wildman–Crippen LogP) is 2.63. The van der Waals surface area contributed by atoms with Crippen LogP contribution in [0.15, 0.2) is 42.7 Å². The number of aromatic nitrogens is 1. The summed E-state index contributed by atoms with van der Waals surface area (Å²) in [6, 6.07) is 9.63. The largest absolute Gasteiger partial charge is 0.497 e. The van der Waals surface area contributed by atoms with E-state index < -0.39 is 0 Å². The maximum Gasteiger partial charge on any atom is 0.173 e. The third kappa shape index (κ3) is 6.28. The fourth-order valence-electron chi connectivity index (χ4n) is 3.15. The summed E-state index contributed by atoms with van der Waals surface area (Å²) >= 11 is 5.76. The number of nitrogens with zero attached hydrogens (tertiary/aromatic N) is 3. The first-order chi connectivity index (χ1) is 14.2. The Morgan fingerprint density at radius 3 is 2.76 bits per heavy atom. The lowest BCUT2D eigenvalue weighted by molar-refractivity contribution is 0.0358. The first kappa shape index (κ1) is 21.3. The van der Waals surface area contributed by atoms with Gasteiger partial charge in [-0.1, -0.05) is 6.07 Å². The summed E-state index contributed by atoms with van der Waals surface area (Å²) in [5, 5.41) is 3.98. The quantitative estimate of drug-likeness (QED) is 0.659. The average molecular weight is 417 g/mol. The van der Waals surface area contributed by atoms with Gasteiger partial charge in [-0.25, -0.2) is 0 Å². The van der Waals surface area contributed by atoms with Crippen LogP contribution < -0.4 is 14.8 Å². The van der Waals surface area contributed by atoms with Crippen molar-refractivity contribution in [3.05, 3.63) is 48.3 Å². The van der Waals surface area contributed by atoms with E-state index in [9.17, 15) is 0 Å². The topological polar surface area (TPSA) is 59.1 Å². The van der Waals surface area contributed by atoms with Crippen LogP contribution in [0.25, 0.3) is 0 Å². The van der Waals surface area contributed by atoms with Gasteiger partial charge in [0.15, 0.2) is 5.11 Å². The van der Waals surface area contributed by atoms with Crippen LogP contribution in [0.1, 0.15) is 5.56 Å². The van der Waals surface area contributed by atoms with Gasteiger partial charge >= 0.3 is 0 Å². The van der Waals surface area contributed by atoms with Gasteiger partial charge in [-0.05, 0) is 36.0 Å². The minimum absolute atomic E-state index is 0.644. The number of thiocarbonyl (C=S) groups is 1. The van der Waals surface area contributed by atoms with E-state index in [0.29, 0.717) is 17.4 Å². The molecular weight excluding hydrogens is 388 g/mol. The summed E-state index contributed by atoms with van der Waals surface area (Å²) in [7, 11) is 3.27. The normalized spacial score (nSPS) is 14.3. The maximum atomic E-state index is 5.76. The smallest absolute Gasteiger partial charge is 0.173 e. The molecule has 1 aliphatic rings. The molecule has 2 aromatic rings. The number of rotatable bonds is 8. The highest BCUT2D eigenvalue weighted by atomic mass is 32.1. The van der Waals surface area contributed by atoms with Gasteiger partial charge in [0, 0.05) is 51.2 Å². The van der Waals surface area contributed by atoms with Crippen LogP contribution >= 0.6 is 12.2 Å². The van der Waals surface area contributed by atoms with Crippen LogP contribution in [0.5, 0.6) is 11.5 Å². The first-order valence-electron chi connectivity index (χ1n) is 9.66. The molecule has 0 spiro atoms. The van der Waals surface area contributed by atoms with Gasteiger partial charge in [-0.3, -0.25) is 9.88 Å². The van der Waals surface area contributed by atoms with Crippen LogP contribution in [-0.4, -0.2) is 73.5 Å². The molecule has 2 heterocycles. The Balaban J connectivity index is 1.70. The molecule has 7 nitrogen and oxygen atoms in total. The molecule has 29 heavy (non-hydrogen) atoms. The Bertz CT molecular complexity index is 785. The highest BCUT2D eigenvalue weighted by Gasteiger charge is 2.16. The Morgan fingerprint density at radius 2 is 2.07 bits per heavy atom. The minimum Gasteiger partial charge on any atom is -0.497 e. The van der Waals surface area contributed by atoms with Crippen molar-refractivity contribution in [2.24, 2.45) is 0 Å². The van der Waals surface area contributed by atoms with Crippen LogP contribution in [0.3, 0.4) is 0 Å². The standard InChI is InChI=1S/C21H28N4O3S/c1-26-18-5-6-19(20(14-18)27-2)23-21(29)25(16-17-4-3-7-22-15-17)9-8-24-10-12-28-13-11-24/h3-7,14-15H,8-13,16H2,1-2H3,(H,23,29). The average Bonchev–Trinajstić information content (AvgIpc) is 2.78. The van der Waals surface area contributed by atoms with Gasteiger partial charge in [0.25, 0.3) is 0 Å². The second-order valence-corrected chi connectivity index (χ2v) is 7.12. The number of anilines is 1. The lowest BCUT2D eigenvalue weighted by Crippen LogP contribution is -2.44. The van der Waals surface area contributed by atoms with Crippen molar-refractivity contribution in [2.45, 2.75) is 6.54 Å². The molecule has 0 aliphatic carbocycles. The van der Waals surface area contributed by atoms with E-state index in [1.807, 2.05) is 30.5 Å². The third-order valence-electron chi connectivity index (χ3n) is 4.82. The molecule has 0 amide bonds. The predicted molar refractivity (Wildman–Crippen MR) is 118 cm³/mol. The Hall–Kier alpha value is -2.42. The minimum atomic E-state index is 0.644. The zero-order valence-electron chi connectivity index (χ0n) is 17.0. The van der Waals surface area contributed by atoms with Crippen molar-refractivity contribution in [1.82, 2.24) is 14.8 Å². The molecule has 0 radical (unpaired) electrons. The number of pyridine rings is 1. The molecule has 3 rings (SSSR count). The summed E-state index contributed by atoms with van der Waals surface area (Å²) in [6.45, 7) is 5.88. The van der Waals surface area contributed by atoms with Crippen LogP contribution in [-0.2, 0) is 11.3 Å². The van der Waals surface area contributed by atoms with Gasteiger partial charge in [-0.15, -0.1) is 0 Å². The van der Waals surface area contributed by atoms with E-state index in [0.717, 1.165) is 56.4 Å². The van der Waals surface area contributed by atoms with Crippen molar-refractivity contribution in [3.63, 3.8) is 0 Å². The molecule has 1 aromatic carbocycles. The van der Waals surface area contributed by atoms with Gasteiger partial charge in [-0.2, -0.15) is 0 Å². The van der Waals surface area contributed by atoms with Crippen molar-refractivity contribution >= 4 is 23.0 Å². The molecule has 1 fully saturated rings. The van der Waals surface area contributed by atoms with Gasteiger partial charge in [0.05, 0.1) is 33.1 Å². The summed E-state index contributed by atoms with van der Waals surface area (Å²) < 4.78 is 16.2. The second kappa shape index (κ2) is 10.9. The van der Waals surface area contributed by atoms with Crippen LogP contribution in [0.4, 0.5) is 5.69 Å². The van der Waals surface area contributed by atoms with Gasteiger partial charge in [0.2, 0.25) is 0 Å². The third-order valence-corrected chi connectivity index (χ3v) is 5.18. The van der Waals surface area contributed by atoms with Gasteiger partial charge < -0.3 is 24.4 Å². The van der Waals surface area contributed by atoms with Crippen molar-refractivity contribution < 1.29 is 14.2 Å². The SMILES string of the molecule is COc1ccc(NC(=S)N(CCN2CCOCC2)Cc2cccnc2)c(OC)c1. The fourth-order valence-corrected chi connectivity index (χ4v) is 3.41. The Morgan fingerprint density at radius 1 is 1.24 bits per heavy atom. The van der Waals surface area contributed by atoms with E-state index in [4.69, 9.17) is 26.4 Å². The summed E-state index contributed by atoms with van der Waals surface area (Å²) in [6.07, 6.45) is 3.65. The molecule has 0 unspecified atom stereocenters. The molecule has 156 valence electrons. The zero-order valence-corrected chi connectivity index (χ0v) is 17.8. The molecule has 1 aromatic heterocycles. The molecule has 0 bridgehead atoms. The molecular formula is C21H28N4O3S. The molecule has 1 saturated heterocycles. The number of methoxy groups -OCH3 is 2. The molecule has 0 saturated carbocycles. The summed E-state index contributed by atoms with van der Waals surface area (Å²) in [5.41, 5.74) is 1.92. The first-order valence-corrected chi connectivity index (χ1v) is 10.1. The van der Waals surface area contributed by atoms with Crippen molar-refractivity contribution in [1.29, 1.82) is 0 Å². The van der Waals surface area contributed by atoms with E-state index in [1.165, 1.54) is 0 Å². The van der Waals surface area contributed by atoms with E-state index in [-0.39, 0.29) is 0 Å². The Kier molecular flexibility index (Phi) is 8.03. The molecule has 1 aliphatic heterocycles. The number of benzene rings is 1. The van der Waals surface area contributed by atoms with E-state index in [1.54, 1.807) is 20.4 Å².